The van der Waals surface area contributed by atoms with Crippen molar-refractivity contribution in [1.82, 2.24) is 0 Å². The molecule has 0 bridgehead atoms. The van der Waals surface area contributed by atoms with Crippen molar-refractivity contribution in [3.63, 3.8) is 0 Å². The van der Waals surface area contributed by atoms with E-state index in [1.54, 1.807) is 0 Å². The molecule has 70 valence electrons. The zero-order chi connectivity index (χ0) is 9.31. The molecule has 3 nitrogen and oxygen atoms in total. The van der Waals surface area contributed by atoms with E-state index in [4.69, 9.17) is 10.5 Å². The zero-order valence-corrected chi connectivity index (χ0v) is 7.31. The predicted molar refractivity (Wildman–Crippen MR) is 49.1 cm³/mol. The molecule has 13 heavy (non-hydrogen) atoms. The summed E-state index contributed by atoms with van der Waals surface area (Å²) in [5, 5.41) is 9.88. The molecule has 1 fully saturated rings. The number of rotatable bonds is 2. The summed E-state index contributed by atoms with van der Waals surface area (Å²) in [6.07, 6.45) is 0. The monoisotopic (exact) mass is 179 g/mol. The van der Waals surface area contributed by atoms with E-state index >= 15 is 0 Å². The molecule has 1 heterocycles. The van der Waals surface area contributed by atoms with Crippen molar-refractivity contribution < 1.29 is 9.84 Å². The van der Waals surface area contributed by atoms with Crippen molar-refractivity contribution in [2.45, 2.75) is 11.6 Å². The van der Waals surface area contributed by atoms with Gasteiger partial charge in [0.2, 0.25) is 0 Å². The molecule has 1 aromatic rings. The predicted octanol–water partition coefficient (Wildman–Crippen LogP) is 0.448. The molecule has 3 heteroatoms. The molecule has 0 aromatic heterocycles. The maximum atomic E-state index is 9.88. The van der Waals surface area contributed by atoms with Crippen molar-refractivity contribution in [3.05, 3.63) is 35.9 Å². The van der Waals surface area contributed by atoms with E-state index in [0.717, 1.165) is 5.56 Å². The molecule has 1 aliphatic rings. The van der Waals surface area contributed by atoms with Crippen LogP contribution in [-0.4, -0.2) is 23.9 Å². The molecular formula is C10H13NO2. The molecule has 1 atom stereocenters. The highest BCUT2D eigenvalue weighted by atomic mass is 16.5. The van der Waals surface area contributed by atoms with E-state index in [1.807, 2.05) is 30.3 Å². The van der Waals surface area contributed by atoms with Crippen LogP contribution in [0.1, 0.15) is 11.6 Å². The first-order chi connectivity index (χ1) is 6.22. The van der Waals surface area contributed by atoms with Crippen LogP contribution in [0.25, 0.3) is 0 Å². The third-order valence-electron chi connectivity index (χ3n) is 2.44. The smallest absolute Gasteiger partial charge is 0.130 e. The fourth-order valence-corrected chi connectivity index (χ4v) is 1.46. The minimum absolute atomic E-state index is 0.336. The fraction of sp³-hybridized carbons (Fsp3) is 0.400. The van der Waals surface area contributed by atoms with E-state index in [1.165, 1.54) is 0 Å². The lowest BCUT2D eigenvalue weighted by atomic mass is 9.88. The van der Waals surface area contributed by atoms with Gasteiger partial charge in [-0.2, -0.15) is 0 Å². The second-order valence-electron chi connectivity index (χ2n) is 3.48. The van der Waals surface area contributed by atoms with E-state index in [-0.39, 0.29) is 6.04 Å². The number of hydrogen-bond donors (Lipinski definition) is 2. The van der Waals surface area contributed by atoms with Crippen LogP contribution in [0.4, 0.5) is 0 Å². The van der Waals surface area contributed by atoms with Gasteiger partial charge >= 0.3 is 0 Å². The summed E-state index contributed by atoms with van der Waals surface area (Å²) in [7, 11) is 0. The fourth-order valence-electron chi connectivity index (χ4n) is 1.46. The van der Waals surface area contributed by atoms with Crippen LogP contribution in [0.3, 0.4) is 0 Å². The number of hydrogen-bond acceptors (Lipinski definition) is 3. The Balaban J connectivity index is 2.17. The topological polar surface area (TPSA) is 55.5 Å². The number of ether oxygens (including phenoxy) is 1. The van der Waals surface area contributed by atoms with Crippen molar-refractivity contribution in [1.29, 1.82) is 0 Å². The molecule has 1 aromatic carbocycles. The molecular weight excluding hydrogens is 166 g/mol. The third-order valence-corrected chi connectivity index (χ3v) is 2.44. The van der Waals surface area contributed by atoms with E-state index in [9.17, 15) is 5.11 Å². The first-order valence-corrected chi connectivity index (χ1v) is 4.33. The van der Waals surface area contributed by atoms with Gasteiger partial charge in [0.05, 0.1) is 19.3 Å². The van der Waals surface area contributed by atoms with Crippen LogP contribution < -0.4 is 5.73 Å². The lowest BCUT2D eigenvalue weighted by Crippen LogP contribution is -2.56. The summed E-state index contributed by atoms with van der Waals surface area (Å²) < 4.78 is 4.95. The second-order valence-corrected chi connectivity index (χ2v) is 3.48. The Bertz CT molecular complexity index is 282. The summed E-state index contributed by atoms with van der Waals surface area (Å²) in [5.74, 6) is 0. The van der Waals surface area contributed by atoms with Crippen molar-refractivity contribution >= 4 is 0 Å². The summed E-state index contributed by atoms with van der Waals surface area (Å²) in [6, 6.07) is 9.25. The van der Waals surface area contributed by atoms with E-state index in [0.29, 0.717) is 13.2 Å². The second kappa shape index (κ2) is 3.10. The molecule has 0 radical (unpaired) electrons. The Morgan fingerprint density at radius 1 is 1.31 bits per heavy atom. The quantitative estimate of drug-likeness (QED) is 0.693. The molecule has 0 saturated carbocycles. The van der Waals surface area contributed by atoms with Crippen LogP contribution in [0.15, 0.2) is 30.3 Å². The summed E-state index contributed by atoms with van der Waals surface area (Å²) in [4.78, 5) is 0. The first kappa shape index (κ1) is 8.69. The molecule has 0 aliphatic carbocycles. The largest absolute Gasteiger partial charge is 0.383 e. The van der Waals surface area contributed by atoms with Crippen LogP contribution in [0, 0.1) is 0 Å². The Kier molecular flexibility index (Phi) is 2.07. The highest BCUT2D eigenvalue weighted by Gasteiger charge is 2.42. The standard InChI is InChI=1S/C10H13NO2/c11-9(10(12)6-13-7-10)8-4-2-1-3-5-8/h1-5,9,12H,6-7,11H2. The van der Waals surface area contributed by atoms with Crippen LogP contribution in [0.5, 0.6) is 0 Å². The van der Waals surface area contributed by atoms with Crippen LogP contribution >= 0.6 is 0 Å². The maximum absolute atomic E-state index is 9.88. The summed E-state index contributed by atoms with van der Waals surface area (Å²) in [6.45, 7) is 0.673. The van der Waals surface area contributed by atoms with Crippen molar-refractivity contribution in [2.24, 2.45) is 5.73 Å². The van der Waals surface area contributed by atoms with Gasteiger partial charge in [-0.1, -0.05) is 30.3 Å². The van der Waals surface area contributed by atoms with Gasteiger partial charge < -0.3 is 15.6 Å². The highest BCUT2D eigenvalue weighted by molar-refractivity contribution is 5.22. The minimum atomic E-state index is -0.860. The van der Waals surface area contributed by atoms with Gasteiger partial charge in [-0.25, -0.2) is 0 Å². The molecule has 0 spiro atoms. The Morgan fingerprint density at radius 3 is 2.38 bits per heavy atom. The van der Waals surface area contributed by atoms with Gasteiger partial charge in [-0.05, 0) is 5.56 Å². The number of nitrogens with two attached hydrogens (primary N) is 1. The number of benzene rings is 1. The molecule has 0 amide bonds. The third kappa shape index (κ3) is 1.46. The van der Waals surface area contributed by atoms with E-state index < -0.39 is 5.60 Å². The molecule has 2 rings (SSSR count). The molecule has 1 unspecified atom stereocenters. The van der Waals surface area contributed by atoms with Gasteiger partial charge in [-0.3, -0.25) is 0 Å². The first-order valence-electron chi connectivity index (χ1n) is 4.33. The molecule has 1 saturated heterocycles. The number of aliphatic hydroxyl groups is 1. The lowest BCUT2D eigenvalue weighted by molar-refractivity contribution is -0.190. The molecule has 1 aliphatic heterocycles. The summed E-state index contributed by atoms with van der Waals surface area (Å²) >= 11 is 0. The van der Waals surface area contributed by atoms with Gasteiger partial charge in [-0.15, -0.1) is 0 Å². The average molecular weight is 179 g/mol. The zero-order valence-electron chi connectivity index (χ0n) is 7.31. The van der Waals surface area contributed by atoms with Gasteiger partial charge in [0.1, 0.15) is 5.60 Å². The maximum Gasteiger partial charge on any atom is 0.130 e. The normalized spacial score (nSPS) is 22.0. The van der Waals surface area contributed by atoms with Gasteiger partial charge in [0, 0.05) is 0 Å². The van der Waals surface area contributed by atoms with Crippen LogP contribution in [-0.2, 0) is 4.74 Å². The lowest BCUT2D eigenvalue weighted by Gasteiger charge is -2.41. The highest BCUT2D eigenvalue weighted by Crippen LogP contribution is 2.29. The van der Waals surface area contributed by atoms with Crippen LogP contribution in [0.2, 0.25) is 0 Å². The Hall–Kier alpha value is -0.900. The molecule has 3 N–H and O–H groups in total. The van der Waals surface area contributed by atoms with Crippen molar-refractivity contribution in [3.8, 4) is 0 Å². The van der Waals surface area contributed by atoms with Gasteiger partial charge in [0.15, 0.2) is 0 Å². The van der Waals surface area contributed by atoms with Crippen molar-refractivity contribution in [2.75, 3.05) is 13.2 Å². The Labute approximate surface area is 77.1 Å². The summed E-state index contributed by atoms with van der Waals surface area (Å²) in [5.41, 5.74) is 6.00. The average Bonchev–Trinajstić information content (AvgIpc) is 2.14. The van der Waals surface area contributed by atoms with E-state index in [2.05, 4.69) is 0 Å². The van der Waals surface area contributed by atoms with Gasteiger partial charge in [0.25, 0.3) is 0 Å². The minimum Gasteiger partial charge on any atom is -0.383 e. The SMILES string of the molecule is NC(c1ccccc1)C1(O)COC1. The Morgan fingerprint density at radius 2 is 1.92 bits per heavy atom.